The summed E-state index contributed by atoms with van der Waals surface area (Å²) >= 11 is 0. The quantitative estimate of drug-likeness (QED) is 0.379. The van der Waals surface area contributed by atoms with Crippen LogP contribution in [0, 0.1) is 28.9 Å². The lowest BCUT2D eigenvalue weighted by molar-refractivity contribution is 0.0371. The zero-order chi connectivity index (χ0) is 21.4. The van der Waals surface area contributed by atoms with Crippen molar-refractivity contribution in [3.8, 4) is 11.5 Å². The summed E-state index contributed by atoms with van der Waals surface area (Å²) in [6.45, 7) is 5.08. The molecule has 0 N–H and O–H groups in total. The Morgan fingerprint density at radius 1 is 0.867 bits per heavy atom. The van der Waals surface area contributed by atoms with Gasteiger partial charge in [-0.25, -0.2) is 0 Å². The van der Waals surface area contributed by atoms with E-state index < -0.39 is 11.6 Å². The fraction of sp³-hybridized carbons (Fsp3) is 0.769. The van der Waals surface area contributed by atoms with E-state index in [-0.39, 0.29) is 11.5 Å². The van der Waals surface area contributed by atoms with Gasteiger partial charge in [0.25, 0.3) is 0 Å². The average Bonchev–Trinajstić information content (AvgIpc) is 2.79. The van der Waals surface area contributed by atoms with Crippen LogP contribution >= 0.6 is 0 Å². The molecule has 30 heavy (non-hydrogen) atoms. The number of hydrogen-bond donors (Lipinski definition) is 0. The fourth-order valence-corrected chi connectivity index (χ4v) is 5.75. The molecule has 0 atom stereocenters. The molecule has 2 saturated carbocycles. The van der Waals surface area contributed by atoms with Crippen molar-refractivity contribution < 1.29 is 18.3 Å². The molecular weight excluding hydrogens is 382 g/mol. The van der Waals surface area contributed by atoms with Gasteiger partial charge in [-0.2, -0.15) is 8.78 Å². The Labute approximate surface area is 181 Å². The Bertz CT molecular complexity index is 647. The van der Waals surface area contributed by atoms with E-state index in [9.17, 15) is 8.78 Å². The monoisotopic (exact) mass is 422 g/mol. The van der Waals surface area contributed by atoms with Crippen LogP contribution in [0.15, 0.2) is 12.1 Å². The van der Waals surface area contributed by atoms with Crippen molar-refractivity contribution in [1.29, 1.82) is 0 Å². The summed E-state index contributed by atoms with van der Waals surface area (Å²) in [5.74, 6) is -0.633. The van der Waals surface area contributed by atoms with E-state index in [2.05, 4.69) is 6.92 Å². The second-order valence-electron chi connectivity index (χ2n) is 9.59. The van der Waals surface area contributed by atoms with E-state index >= 15 is 0 Å². The molecule has 0 radical (unpaired) electrons. The maximum atomic E-state index is 14.3. The first-order valence-electron chi connectivity index (χ1n) is 12.3. The predicted octanol–water partition coefficient (Wildman–Crippen LogP) is 8.08. The minimum Gasteiger partial charge on any atom is -0.490 e. The van der Waals surface area contributed by atoms with Gasteiger partial charge in [0.15, 0.2) is 11.5 Å². The molecule has 1 aromatic rings. The van der Waals surface area contributed by atoms with Gasteiger partial charge < -0.3 is 9.47 Å². The lowest BCUT2D eigenvalue weighted by atomic mass is 9.59. The summed E-state index contributed by atoms with van der Waals surface area (Å²) in [7, 11) is 0. The van der Waals surface area contributed by atoms with E-state index in [1.54, 1.807) is 0 Å². The number of unbranched alkanes of at least 4 members (excludes halogenated alkanes) is 1. The third kappa shape index (κ3) is 5.68. The Balaban J connectivity index is 1.51. The Morgan fingerprint density at radius 3 is 2.10 bits per heavy atom. The van der Waals surface area contributed by atoms with Crippen LogP contribution in [0.5, 0.6) is 11.5 Å². The van der Waals surface area contributed by atoms with E-state index in [0.29, 0.717) is 24.5 Å². The standard InChI is InChI=1S/C26H40F2O2/c1-3-5-15-26(16-7-6-8-17-26)21-11-9-20(10-12-21)19-30-23-14-13-22(29-18-4-2)24(27)25(23)28/h13-14,20-21H,3-12,15-19H2,1-2H3. The molecule has 170 valence electrons. The third-order valence-corrected chi connectivity index (χ3v) is 7.54. The highest BCUT2D eigenvalue weighted by Crippen LogP contribution is 2.52. The van der Waals surface area contributed by atoms with Crippen molar-refractivity contribution in [1.82, 2.24) is 0 Å². The van der Waals surface area contributed by atoms with Gasteiger partial charge in [-0.1, -0.05) is 46.0 Å². The molecule has 0 unspecified atom stereocenters. The molecule has 0 saturated heterocycles. The molecule has 1 aromatic carbocycles. The van der Waals surface area contributed by atoms with Crippen LogP contribution in [0.1, 0.15) is 97.3 Å². The second kappa shape index (κ2) is 11.3. The summed E-state index contributed by atoms with van der Waals surface area (Å²) in [5.41, 5.74) is 0.573. The first kappa shape index (κ1) is 23.3. The summed E-state index contributed by atoms with van der Waals surface area (Å²) in [6, 6.07) is 2.97. The molecule has 0 aromatic heterocycles. The molecule has 0 heterocycles. The largest absolute Gasteiger partial charge is 0.490 e. The van der Waals surface area contributed by atoms with Crippen LogP contribution < -0.4 is 9.47 Å². The summed E-state index contributed by atoms with van der Waals surface area (Å²) in [6.07, 6.45) is 16.6. The molecule has 2 nitrogen and oxygen atoms in total. The normalized spacial score (nSPS) is 23.9. The van der Waals surface area contributed by atoms with Crippen LogP contribution in [0.2, 0.25) is 0 Å². The molecule has 0 bridgehead atoms. The molecule has 2 aliphatic carbocycles. The summed E-state index contributed by atoms with van der Waals surface area (Å²) < 4.78 is 39.5. The van der Waals surface area contributed by atoms with Crippen LogP contribution in [-0.4, -0.2) is 13.2 Å². The van der Waals surface area contributed by atoms with Gasteiger partial charge in [-0.15, -0.1) is 0 Å². The van der Waals surface area contributed by atoms with Gasteiger partial charge >= 0.3 is 0 Å². The molecule has 2 fully saturated rings. The highest BCUT2D eigenvalue weighted by molar-refractivity contribution is 5.35. The van der Waals surface area contributed by atoms with E-state index in [0.717, 1.165) is 25.2 Å². The Hall–Kier alpha value is -1.32. The van der Waals surface area contributed by atoms with Crippen LogP contribution in [0.4, 0.5) is 8.78 Å². The molecular formula is C26H40F2O2. The zero-order valence-electron chi connectivity index (χ0n) is 19.0. The van der Waals surface area contributed by atoms with Crippen molar-refractivity contribution in [2.45, 2.75) is 97.3 Å². The zero-order valence-corrected chi connectivity index (χ0v) is 19.0. The molecule has 0 aliphatic heterocycles. The number of benzene rings is 1. The van der Waals surface area contributed by atoms with Crippen LogP contribution in [0.3, 0.4) is 0 Å². The van der Waals surface area contributed by atoms with Crippen molar-refractivity contribution in [3.05, 3.63) is 23.8 Å². The van der Waals surface area contributed by atoms with Crippen LogP contribution in [-0.2, 0) is 0 Å². The van der Waals surface area contributed by atoms with Crippen molar-refractivity contribution in [2.75, 3.05) is 13.2 Å². The van der Waals surface area contributed by atoms with Gasteiger partial charge in [-0.3, -0.25) is 0 Å². The van der Waals surface area contributed by atoms with Crippen molar-refractivity contribution >= 4 is 0 Å². The maximum absolute atomic E-state index is 14.3. The highest BCUT2D eigenvalue weighted by Gasteiger charge is 2.40. The first-order chi connectivity index (χ1) is 14.6. The number of halogens is 2. The van der Waals surface area contributed by atoms with Gasteiger partial charge in [0, 0.05) is 0 Å². The molecule has 0 spiro atoms. The van der Waals surface area contributed by atoms with E-state index in [1.165, 1.54) is 76.3 Å². The fourth-order valence-electron chi connectivity index (χ4n) is 5.75. The summed E-state index contributed by atoms with van der Waals surface area (Å²) in [4.78, 5) is 0. The molecule has 4 heteroatoms. The maximum Gasteiger partial charge on any atom is 0.204 e. The lowest BCUT2D eigenvalue weighted by Gasteiger charge is -2.47. The minimum atomic E-state index is -0.945. The number of ether oxygens (including phenoxy) is 2. The third-order valence-electron chi connectivity index (χ3n) is 7.54. The molecule has 0 amide bonds. The van der Waals surface area contributed by atoms with Crippen LogP contribution in [0.25, 0.3) is 0 Å². The highest BCUT2D eigenvalue weighted by atomic mass is 19.2. The van der Waals surface area contributed by atoms with Gasteiger partial charge in [0.1, 0.15) is 0 Å². The Morgan fingerprint density at radius 2 is 1.50 bits per heavy atom. The van der Waals surface area contributed by atoms with Gasteiger partial charge in [0.05, 0.1) is 13.2 Å². The van der Waals surface area contributed by atoms with Crippen molar-refractivity contribution in [3.63, 3.8) is 0 Å². The predicted molar refractivity (Wildman–Crippen MR) is 118 cm³/mol. The smallest absolute Gasteiger partial charge is 0.204 e. The van der Waals surface area contributed by atoms with Gasteiger partial charge in [0.2, 0.25) is 11.6 Å². The SMILES string of the molecule is CCCCC1(C2CCC(COc3ccc(OCCC)c(F)c3F)CC2)CCCCC1. The number of hydrogen-bond acceptors (Lipinski definition) is 2. The minimum absolute atomic E-state index is 0.00479. The topological polar surface area (TPSA) is 18.5 Å². The average molecular weight is 423 g/mol. The van der Waals surface area contributed by atoms with Gasteiger partial charge in [-0.05, 0) is 80.8 Å². The molecule has 2 aliphatic rings. The van der Waals surface area contributed by atoms with E-state index in [4.69, 9.17) is 9.47 Å². The lowest BCUT2D eigenvalue weighted by Crippen LogP contribution is -2.36. The molecule has 3 rings (SSSR count). The van der Waals surface area contributed by atoms with Crippen molar-refractivity contribution in [2.24, 2.45) is 17.3 Å². The second-order valence-corrected chi connectivity index (χ2v) is 9.59. The Kier molecular flexibility index (Phi) is 8.83. The first-order valence-corrected chi connectivity index (χ1v) is 12.3. The summed E-state index contributed by atoms with van der Waals surface area (Å²) in [5, 5.41) is 0. The van der Waals surface area contributed by atoms with E-state index in [1.807, 2.05) is 6.92 Å². The number of rotatable bonds is 10.